The summed E-state index contributed by atoms with van der Waals surface area (Å²) in [7, 11) is 0. The molecule has 4 nitrogen and oxygen atoms in total. The van der Waals surface area contributed by atoms with Gasteiger partial charge in [0.05, 0.1) is 5.54 Å². The first-order valence-corrected chi connectivity index (χ1v) is 7.24. The van der Waals surface area contributed by atoms with Gasteiger partial charge in [0.1, 0.15) is 0 Å². The molecule has 3 N–H and O–H groups in total. The molecule has 0 aromatic heterocycles. The number of hydrogen-bond acceptors (Lipinski definition) is 3. The van der Waals surface area contributed by atoms with Gasteiger partial charge in [0.2, 0.25) is 5.91 Å². The number of likely N-dealkylation sites (tertiary alicyclic amines) is 1. The van der Waals surface area contributed by atoms with Crippen LogP contribution in [0.2, 0.25) is 0 Å². The van der Waals surface area contributed by atoms with E-state index in [0.29, 0.717) is 11.8 Å². The molecule has 2 atom stereocenters. The van der Waals surface area contributed by atoms with Gasteiger partial charge in [-0.1, -0.05) is 19.8 Å². The lowest BCUT2D eigenvalue weighted by Gasteiger charge is -2.41. The predicted molar refractivity (Wildman–Crippen MR) is 70.9 cm³/mol. The Bertz CT molecular complexity index is 300. The summed E-state index contributed by atoms with van der Waals surface area (Å²) in [6, 6.07) is 0. The van der Waals surface area contributed by atoms with Gasteiger partial charge in [0.15, 0.2) is 0 Å². The molecule has 2 aliphatic rings. The molecule has 2 unspecified atom stereocenters. The second kappa shape index (κ2) is 5.57. The molecule has 2 rings (SSSR count). The SMILES string of the molecule is CC1CCCC(N)(C(=O)N2CCC(CO)CC2)C1. The Morgan fingerprint density at radius 1 is 1.39 bits per heavy atom. The average Bonchev–Trinajstić information content (AvgIpc) is 2.38. The quantitative estimate of drug-likeness (QED) is 0.776. The number of piperidine rings is 1. The molecule has 1 saturated carbocycles. The number of hydrogen-bond donors (Lipinski definition) is 2. The smallest absolute Gasteiger partial charge is 0.242 e. The maximum Gasteiger partial charge on any atom is 0.242 e. The van der Waals surface area contributed by atoms with E-state index in [1.54, 1.807) is 0 Å². The summed E-state index contributed by atoms with van der Waals surface area (Å²) in [5.74, 6) is 1.07. The van der Waals surface area contributed by atoms with Crippen molar-refractivity contribution in [2.24, 2.45) is 17.6 Å². The summed E-state index contributed by atoms with van der Waals surface area (Å²) >= 11 is 0. The van der Waals surface area contributed by atoms with E-state index in [4.69, 9.17) is 10.8 Å². The number of rotatable bonds is 2. The van der Waals surface area contributed by atoms with Crippen LogP contribution in [0, 0.1) is 11.8 Å². The van der Waals surface area contributed by atoms with Gasteiger partial charge in [-0.15, -0.1) is 0 Å². The van der Waals surface area contributed by atoms with Crippen LogP contribution in [-0.4, -0.2) is 41.1 Å². The molecule has 1 aliphatic heterocycles. The maximum absolute atomic E-state index is 12.6. The number of aliphatic hydroxyl groups is 1. The van der Waals surface area contributed by atoms with Gasteiger partial charge < -0.3 is 15.7 Å². The normalized spacial score (nSPS) is 34.6. The largest absolute Gasteiger partial charge is 0.396 e. The fourth-order valence-corrected chi connectivity index (χ4v) is 3.42. The number of carbonyl (C=O) groups excluding carboxylic acids is 1. The Kier molecular flexibility index (Phi) is 4.28. The van der Waals surface area contributed by atoms with Crippen molar-refractivity contribution < 1.29 is 9.90 Å². The molecule has 0 bridgehead atoms. The van der Waals surface area contributed by atoms with Crippen molar-refractivity contribution >= 4 is 5.91 Å². The van der Waals surface area contributed by atoms with E-state index in [-0.39, 0.29) is 12.5 Å². The van der Waals surface area contributed by atoms with Gasteiger partial charge in [-0.05, 0) is 37.5 Å². The van der Waals surface area contributed by atoms with Gasteiger partial charge >= 0.3 is 0 Å². The van der Waals surface area contributed by atoms with Crippen LogP contribution in [0.4, 0.5) is 0 Å². The predicted octanol–water partition coefficient (Wildman–Crippen LogP) is 1.12. The molecule has 1 aliphatic carbocycles. The molecular formula is C14H26N2O2. The molecule has 18 heavy (non-hydrogen) atoms. The summed E-state index contributed by atoms with van der Waals surface area (Å²) in [4.78, 5) is 14.5. The standard InChI is InChI=1S/C14H26N2O2/c1-11-3-2-6-14(15,9-11)13(18)16-7-4-12(10-17)5-8-16/h11-12,17H,2-10,15H2,1H3. The van der Waals surface area contributed by atoms with Crippen molar-refractivity contribution in [1.82, 2.24) is 4.90 Å². The van der Waals surface area contributed by atoms with E-state index >= 15 is 0 Å². The van der Waals surface area contributed by atoms with Crippen LogP contribution in [0.1, 0.15) is 45.4 Å². The zero-order chi connectivity index (χ0) is 13.2. The highest BCUT2D eigenvalue weighted by atomic mass is 16.3. The van der Waals surface area contributed by atoms with Crippen molar-refractivity contribution in [3.8, 4) is 0 Å². The molecule has 0 radical (unpaired) electrons. The van der Waals surface area contributed by atoms with E-state index in [1.807, 2.05) is 4.90 Å². The first-order valence-electron chi connectivity index (χ1n) is 7.24. The molecule has 1 amide bonds. The Labute approximate surface area is 110 Å². The average molecular weight is 254 g/mol. The summed E-state index contributed by atoms with van der Waals surface area (Å²) < 4.78 is 0. The Hall–Kier alpha value is -0.610. The molecule has 0 spiro atoms. The highest BCUT2D eigenvalue weighted by Gasteiger charge is 2.41. The zero-order valence-corrected chi connectivity index (χ0v) is 11.4. The van der Waals surface area contributed by atoms with E-state index in [9.17, 15) is 4.79 Å². The number of nitrogens with two attached hydrogens (primary N) is 1. The van der Waals surface area contributed by atoms with Crippen LogP contribution >= 0.6 is 0 Å². The third-order valence-corrected chi connectivity index (χ3v) is 4.62. The lowest BCUT2D eigenvalue weighted by Crippen LogP contribution is -2.58. The van der Waals surface area contributed by atoms with E-state index in [0.717, 1.165) is 45.2 Å². The third kappa shape index (κ3) is 2.86. The van der Waals surface area contributed by atoms with Gasteiger partial charge in [-0.3, -0.25) is 4.79 Å². The van der Waals surface area contributed by atoms with Gasteiger partial charge in [0, 0.05) is 19.7 Å². The van der Waals surface area contributed by atoms with Crippen molar-refractivity contribution in [2.45, 2.75) is 51.0 Å². The number of amides is 1. The summed E-state index contributed by atoms with van der Waals surface area (Å²) in [6.07, 6.45) is 5.74. The lowest BCUT2D eigenvalue weighted by atomic mass is 9.76. The Morgan fingerprint density at radius 2 is 2.06 bits per heavy atom. The first kappa shape index (κ1) is 13.8. The van der Waals surface area contributed by atoms with Gasteiger partial charge in [-0.25, -0.2) is 0 Å². The fraction of sp³-hybridized carbons (Fsp3) is 0.929. The van der Waals surface area contributed by atoms with Crippen molar-refractivity contribution in [1.29, 1.82) is 0 Å². The maximum atomic E-state index is 12.6. The Morgan fingerprint density at radius 3 is 2.61 bits per heavy atom. The van der Waals surface area contributed by atoms with Crippen LogP contribution in [-0.2, 0) is 4.79 Å². The molecule has 4 heteroatoms. The van der Waals surface area contributed by atoms with Crippen LogP contribution in [0.5, 0.6) is 0 Å². The van der Waals surface area contributed by atoms with Crippen LogP contribution < -0.4 is 5.73 Å². The van der Waals surface area contributed by atoms with E-state index in [2.05, 4.69) is 6.92 Å². The number of nitrogens with zero attached hydrogens (tertiary/aromatic N) is 1. The third-order valence-electron chi connectivity index (χ3n) is 4.62. The highest BCUT2D eigenvalue weighted by Crippen LogP contribution is 2.32. The minimum Gasteiger partial charge on any atom is -0.396 e. The minimum absolute atomic E-state index is 0.144. The molecule has 104 valence electrons. The van der Waals surface area contributed by atoms with Crippen LogP contribution in [0.3, 0.4) is 0 Å². The monoisotopic (exact) mass is 254 g/mol. The molecule has 2 fully saturated rings. The topological polar surface area (TPSA) is 66.6 Å². The summed E-state index contributed by atoms with van der Waals surface area (Å²) in [5.41, 5.74) is 5.73. The molecule has 1 heterocycles. The second-order valence-corrected chi connectivity index (χ2v) is 6.28. The zero-order valence-electron chi connectivity index (χ0n) is 11.4. The second-order valence-electron chi connectivity index (χ2n) is 6.28. The fourth-order valence-electron chi connectivity index (χ4n) is 3.42. The first-order chi connectivity index (χ1) is 8.55. The summed E-state index contributed by atoms with van der Waals surface area (Å²) in [6.45, 7) is 3.95. The molecular weight excluding hydrogens is 228 g/mol. The Balaban J connectivity index is 1.94. The molecule has 1 saturated heterocycles. The van der Waals surface area contributed by atoms with Crippen molar-refractivity contribution in [2.75, 3.05) is 19.7 Å². The van der Waals surface area contributed by atoms with Crippen molar-refractivity contribution in [3.05, 3.63) is 0 Å². The van der Waals surface area contributed by atoms with Crippen molar-refractivity contribution in [3.63, 3.8) is 0 Å². The van der Waals surface area contributed by atoms with E-state index < -0.39 is 5.54 Å². The minimum atomic E-state index is -0.621. The van der Waals surface area contributed by atoms with E-state index in [1.165, 1.54) is 6.42 Å². The van der Waals surface area contributed by atoms with Gasteiger partial charge in [0.25, 0.3) is 0 Å². The lowest BCUT2D eigenvalue weighted by molar-refractivity contribution is -0.140. The number of aliphatic hydroxyl groups excluding tert-OH is 1. The highest BCUT2D eigenvalue weighted by molar-refractivity contribution is 5.86. The molecule has 0 aromatic rings. The van der Waals surface area contributed by atoms with Crippen LogP contribution in [0.15, 0.2) is 0 Å². The number of carbonyl (C=O) groups is 1. The van der Waals surface area contributed by atoms with Crippen LogP contribution in [0.25, 0.3) is 0 Å². The molecule has 0 aromatic carbocycles. The van der Waals surface area contributed by atoms with Gasteiger partial charge in [-0.2, -0.15) is 0 Å². The summed E-state index contributed by atoms with van der Waals surface area (Å²) in [5, 5.41) is 9.12.